The largest absolute Gasteiger partial charge is 0.476 e. The van der Waals surface area contributed by atoms with Gasteiger partial charge in [0.1, 0.15) is 12.3 Å². The summed E-state index contributed by atoms with van der Waals surface area (Å²) in [4.78, 5) is 26.8. The van der Waals surface area contributed by atoms with Gasteiger partial charge in [0.05, 0.1) is 5.69 Å². The SMILES string of the molecule is Cc1ccc2c(c1)N(CC(=O)Nc1cc(Cl)cc(Cl)c1)C(=O)C(C)(C)O2. The molecular formula is C19H18Cl2N2O3. The normalized spacial score (nSPS) is 15.3. The highest BCUT2D eigenvalue weighted by molar-refractivity contribution is 6.35. The van der Waals surface area contributed by atoms with Crippen molar-refractivity contribution in [1.29, 1.82) is 0 Å². The Kier molecular flexibility index (Phi) is 4.86. The molecule has 1 heterocycles. The van der Waals surface area contributed by atoms with Gasteiger partial charge in [-0.05, 0) is 56.7 Å². The zero-order valence-electron chi connectivity index (χ0n) is 14.6. The third kappa shape index (κ3) is 3.79. The van der Waals surface area contributed by atoms with E-state index >= 15 is 0 Å². The number of carbonyl (C=O) groups excluding carboxylic acids is 2. The summed E-state index contributed by atoms with van der Waals surface area (Å²) >= 11 is 11.9. The van der Waals surface area contributed by atoms with Crippen molar-refractivity contribution in [2.75, 3.05) is 16.8 Å². The van der Waals surface area contributed by atoms with Crippen LogP contribution in [0, 0.1) is 6.92 Å². The van der Waals surface area contributed by atoms with Gasteiger partial charge in [-0.15, -0.1) is 0 Å². The van der Waals surface area contributed by atoms with E-state index in [2.05, 4.69) is 5.32 Å². The number of fused-ring (bicyclic) bond motifs is 1. The molecule has 0 atom stereocenters. The third-order valence-electron chi connectivity index (χ3n) is 3.98. The summed E-state index contributed by atoms with van der Waals surface area (Å²) in [6.07, 6.45) is 0. The Labute approximate surface area is 161 Å². The molecule has 0 aliphatic carbocycles. The molecule has 0 spiro atoms. The summed E-state index contributed by atoms with van der Waals surface area (Å²) in [5.41, 5.74) is 0.958. The van der Waals surface area contributed by atoms with Gasteiger partial charge < -0.3 is 10.1 Å². The van der Waals surface area contributed by atoms with Gasteiger partial charge in [-0.1, -0.05) is 29.3 Å². The van der Waals surface area contributed by atoms with Crippen molar-refractivity contribution in [2.24, 2.45) is 0 Å². The number of nitrogens with one attached hydrogen (secondary N) is 1. The van der Waals surface area contributed by atoms with Crippen LogP contribution >= 0.6 is 23.2 Å². The molecule has 0 fully saturated rings. The standard InChI is InChI=1S/C19H18Cl2N2O3/c1-11-4-5-16-15(6-11)23(18(25)19(2,3)26-16)10-17(24)22-14-8-12(20)7-13(21)9-14/h4-9H,10H2,1-3H3,(H,22,24). The first-order valence-corrected chi connectivity index (χ1v) is 8.79. The lowest BCUT2D eigenvalue weighted by Gasteiger charge is -2.38. The van der Waals surface area contributed by atoms with E-state index in [1.807, 2.05) is 19.1 Å². The van der Waals surface area contributed by atoms with E-state index in [0.717, 1.165) is 5.56 Å². The molecular weight excluding hydrogens is 375 g/mol. The number of amides is 2. The fourth-order valence-electron chi connectivity index (χ4n) is 2.80. The van der Waals surface area contributed by atoms with Gasteiger partial charge >= 0.3 is 0 Å². The van der Waals surface area contributed by atoms with Gasteiger partial charge in [0.25, 0.3) is 5.91 Å². The summed E-state index contributed by atoms with van der Waals surface area (Å²) in [7, 11) is 0. The van der Waals surface area contributed by atoms with Gasteiger partial charge in [0, 0.05) is 15.7 Å². The Bertz CT molecular complexity index is 876. The molecule has 1 N–H and O–H groups in total. The van der Waals surface area contributed by atoms with Crippen LogP contribution in [0.1, 0.15) is 19.4 Å². The molecule has 136 valence electrons. The van der Waals surface area contributed by atoms with Crippen LogP contribution in [0.4, 0.5) is 11.4 Å². The van der Waals surface area contributed by atoms with Crippen LogP contribution in [0.5, 0.6) is 5.75 Å². The molecule has 1 aliphatic heterocycles. The Morgan fingerprint density at radius 2 is 1.81 bits per heavy atom. The first-order chi connectivity index (χ1) is 12.2. The predicted molar refractivity (Wildman–Crippen MR) is 103 cm³/mol. The van der Waals surface area contributed by atoms with Crippen LogP contribution in [0.15, 0.2) is 36.4 Å². The highest BCUT2D eigenvalue weighted by Crippen LogP contribution is 2.38. The molecule has 2 aromatic rings. The topological polar surface area (TPSA) is 58.6 Å². The van der Waals surface area contributed by atoms with Gasteiger partial charge in [0.15, 0.2) is 5.60 Å². The smallest absolute Gasteiger partial charge is 0.271 e. The number of hydrogen-bond acceptors (Lipinski definition) is 3. The number of aryl methyl sites for hydroxylation is 1. The van der Waals surface area contributed by atoms with Crippen LogP contribution < -0.4 is 15.0 Å². The Morgan fingerprint density at radius 3 is 2.46 bits per heavy atom. The second-order valence-electron chi connectivity index (χ2n) is 6.68. The molecule has 2 aromatic carbocycles. The summed E-state index contributed by atoms with van der Waals surface area (Å²) in [5.74, 6) is -0.0736. The van der Waals surface area contributed by atoms with E-state index in [1.165, 1.54) is 4.90 Å². The maximum atomic E-state index is 12.8. The van der Waals surface area contributed by atoms with Gasteiger partial charge in [-0.25, -0.2) is 0 Å². The minimum absolute atomic E-state index is 0.147. The molecule has 1 aliphatic rings. The van der Waals surface area contributed by atoms with Crippen molar-refractivity contribution >= 4 is 46.4 Å². The molecule has 7 heteroatoms. The molecule has 5 nitrogen and oxygen atoms in total. The number of ether oxygens (including phenoxy) is 1. The van der Waals surface area contributed by atoms with Gasteiger partial charge in [-0.3, -0.25) is 14.5 Å². The zero-order valence-corrected chi connectivity index (χ0v) is 16.1. The van der Waals surface area contributed by atoms with Crippen LogP contribution in [0.3, 0.4) is 0 Å². The lowest BCUT2D eigenvalue weighted by Crippen LogP contribution is -2.54. The van der Waals surface area contributed by atoms with E-state index in [1.54, 1.807) is 38.1 Å². The zero-order chi connectivity index (χ0) is 19.1. The molecule has 0 unspecified atom stereocenters. The highest BCUT2D eigenvalue weighted by Gasteiger charge is 2.41. The average molecular weight is 393 g/mol. The Hall–Kier alpha value is -2.24. The maximum Gasteiger partial charge on any atom is 0.271 e. The molecule has 3 rings (SSSR count). The maximum absolute atomic E-state index is 12.8. The first-order valence-electron chi connectivity index (χ1n) is 8.03. The number of carbonyl (C=O) groups is 2. The number of hydrogen-bond donors (Lipinski definition) is 1. The quantitative estimate of drug-likeness (QED) is 0.839. The van der Waals surface area contributed by atoms with E-state index in [9.17, 15) is 9.59 Å². The van der Waals surface area contributed by atoms with Crippen molar-refractivity contribution in [3.05, 3.63) is 52.0 Å². The van der Waals surface area contributed by atoms with E-state index in [4.69, 9.17) is 27.9 Å². The molecule has 0 bridgehead atoms. The monoisotopic (exact) mass is 392 g/mol. The third-order valence-corrected chi connectivity index (χ3v) is 4.42. The fraction of sp³-hybridized carbons (Fsp3) is 0.263. The van der Waals surface area contributed by atoms with E-state index < -0.39 is 5.60 Å². The van der Waals surface area contributed by atoms with Crippen LogP contribution in [-0.4, -0.2) is 24.0 Å². The summed E-state index contributed by atoms with van der Waals surface area (Å²) in [6, 6.07) is 10.3. The molecule has 26 heavy (non-hydrogen) atoms. The number of rotatable bonds is 3. The first kappa shape index (κ1) is 18.5. The molecule has 2 amide bonds. The van der Waals surface area contributed by atoms with Crippen LogP contribution in [-0.2, 0) is 9.59 Å². The van der Waals surface area contributed by atoms with Crippen molar-refractivity contribution in [3.63, 3.8) is 0 Å². The number of halogens is 2. The molecule has 0 saturated carbocycles. The summed E-state index contributed by atoms with van der Waals surface area (Å²) in [6.45, 7) is 5.13. The van der Waals surface area contributed by atoms with Gasteiger partial charge in [0.2, 0.25) is 5.91 Å². The molecule has 0 saturated heterocycles. The Balaban J connectivity index is 1.86. The molecule has 0 radical (unpaired) electrons. The number of nitrogens with zero attached hydrogens (tertiary/aromatic N) is 1. The minimum Gasteiger partial charge on any atom is -0.476 e. The molecule has 0 aromatic heterocycles. The van der Waals surface area contributed by atoms with Crippen molar-refractivity contribution in [1.82, 2.24) is 0 Å². The lowest BCUT2D eigenvalue weighted by atomic mass is 10.0. The predicted octanol–water partition coefficient (Wildman–Crippen LogP) is 4.44. The summed E-state index contributed by atoms with van der Waals surface area (Å²) < 4.78 is 5.79. The van der Waals surface area contributed by atoms with Crippen LogP contribution in [0.2, 0.25) is 10.0 Å². The minimum atomic E-state index is -1.05. The number of anilines is 2. The average Bonchev–Trinajstić information content (AvgIpc) is 2.51. The number of benzene rings is 2. The fourth-order valence-corrected chi connectivity index (χ4v) is 3.33. The highest BCUT2D eigenvalue weighted by atomic mass is 35.5. The van der Waals surface area contributed by atoms with E-state index in [-0.39, 0.29) is 18.4 Å². The lowest BCUT2D eigenvalue weighted by molar-refractivity contribution is -0.133. The van der Waals surface area contributed by atoms with Crippen LogP contribution in [0.25, 0.3) is 0 Å². The van der Waals surface area contributed by atoms with Crippen molar-refractivity contribution in [2.45, 2.75) is 26.4 Å². The Morgan fingerprint density at radius 1 is 1.15 bits per heavy atom. The van der Waals surface area contributed by atoms with Gasteiger partial charge in [-0.2, -0.15) is 0 Å². The summed E-state index contributed by atoms with van der Waals surface area (Å²) in [5, 5.41) is 3.55. The second kappa shape index (κ2) is 6.82. The van der Waals surface area contributed by atoms with Crippen molar-refractivity contribution < 1.29 is 14.3 Å². The second-order valence-corrected chi connectivity index (χ2v) is 7.55. The van der Waals surface area contributed by atoms with E-state index in [0.29, 0.717) is 27.2 Å². The van der Waals surface area contributed by atoms with Crippen molar-refractivity contribution in [3.8, 4) is 5.75 Å².